The first-order valence-corrected chi connectivity index (χ1v) is 3.80. The Morgan fingerprint density at radius 2 is 1.40 bits per heavy atom. The fourth-order valence-corrected chi connectivity index (χ4v) is 0.866. The summed E-state index contributed by atoms with van der Waals surface area (Å²) in [6.07, 6.45) is 0.750. The van der Waals surface area contributed by atoms with E-state index in [-0.39, 0.29) is 0 Å². The Kier molecular flexibility index (Phi) is 13.8. The number of hydrogen-bond acceptors (Lipinski definition) is 5. The standard InChI is InChI=1S/C3H10O3Si.CHNO/c1-4-7(5-2)6-3;2-1-3/h7H,1-3H3;2H. The van der Waals surface area contributed by atoms with E-state index in [0.717, 1.165) is 6.08 Å². The molecule has 0 aliphatic carbocycles. The molecule has 0 heterocycles. The zero-order valence-corrected chi connectivity index (χ0v) is 7.37. The van der Waals surface area contributed by atoms with Gasteiger partial charge in [0, 0.05) is 21.3 Å². The summed E-state index contributed by atoms with van der Waals surface area (Å²) in [5.74, 6) is 0. The first-order valence-electron chi connectivity index (χ1n) is 2.39. The van der Waals surface area contributed by atoms with Crippen molar-refractivity contribution in [3.8, 4) is 0 Å². The van der Waals surface area contributed by atoms with E-state index in [1.165, 1.54) is 0 Å². The third-order valence-corrected chi connectivity index (χ3v) is 1.73. The maximum absolute atomic E-state index is 8.35. The number of rotatable bonds is 3. The predicted molar refractivity (Wildman–Crippen MR) is 36.6 cm³/mol. The molecule has 1 N–H and O–H groups in total. The summed E-state index contributed by atoms with van der Waals surface area (Å²) in [6.45, 7) is 0. The molecule has 60 valence electrons. The Labute approximate surface area is 61.4 Å². The molecule has 0 bridgehead atoms. The summed E-state index contributed by atoms with van der Waals surface area (Å²) in [5.41, 5.74) is 0. The van der Waals surface area contributed by atoms with Gasteiger partial charge in [-0.3, -0.25) is 0 Å². The molecule has 0 unspecified atom stereocenters. The molecular weight excluding hydrogens is 154 g/mol. The average Bonchev–Trinajstić information content (AvgIpc) is 1.93. The fraction of sp³-hybridized carbons (Fsp3) is 0.750. The van der Waals surface area contributed by atoms with E-state index in [0.29, 0.717) is 0 Å². The zero-order chi connectivity index (χ0) is 8.41. The van der Waals surface area contributed by atoms with Crippen LogP contribution in [-0.4, -0.2) is 36.9 Å². The molecule has 0 rings (SSSR count). The summed E-state index contributed by atoms with van der Waals surface area (Å²) < 4.78 is 14.2. The van der Waals surface area contributed by atoms with Gasteiger partial charge in [-0.1, -0.05) is 0 Å². The molecule has 6 heteroatoms. The third-order valence-electron chi connectivity index (χ3n) is 0.577. The molecule has 0 atom stereocenters. The van der Waals surface area contributed by atoms with Crippen LogP contribution >= 0.6 is 0 Å². The minimum absolute atomic E-state index is 0.750. The molecule has 0 aromatic heterocycles. The van der Waals surface area contributed by atoms with Gasteiger partial charge in [-0.05, 0) is 0 Å². The lowest BCUT2D eigenvalue weighted by molar-refractivity contribution is 0.163. The van der Waals surface area contributed by atoms with E-state index in [9.17, 15) is 0 Å². The second kappa shape index (κ2) is 11.3. The van der Waals surface area contributed by atoms with Crippen LogP contribution in [0, 0.1) is 5.41 Å². The molecule has 0 saturated heterocycles. The van der Waals surface area contributed by atoms with E-state index in [1.807, 2.05) is 0 Å². The highest BCUT2D eigenvalue weighted by Crippen LogP contribution is 1.81. The van der Waals surface area contributed by atoms with Gasteiger partial charge in [0.2, 0.25) is 6.08 Å². The van der Waals surface area contributed by atoms with Crippen LogP contribution in [0.2, 0.25) is 0 Å². The highest BCUT2D eigenvalue weighted by Gasteiger charge is 2.04. The van der Waals surface area contributed by atoms with E-state index >= 15 is 0 Å². The highest BCUT2D eigenvalue weighted by atomic mass is 28.3. The molecule has 0 aliphatic rings. The minimum atomic E-state index is -1.67. The molecule has 0 aromatic rings. The van der Waals surface area contributed by atoms with Crippen LogP contribution in [0.4, 0.5) is 0 Å². The second-order valence-electron chi connectivity index (χ2n) is 1.10. The summed E-state index contributed by atoms with van der Waals surface area (Å²) in [4.78, 5) is 8.35. The van der Waals surface area contributed by atoms with Crippen molar-refractivity contribution in [2.75, 3.05) is 21.3 Å². The van der Waals surface area contributed by atoms with E-state index in [1.54, 1.807) is 21.3 Å². The Morgan fingerprint density at radius 3 is 1.40 bits per heavy atom. The number of nitrogens with one attached hydrogen (secondary N) is 1. The predicted octanol–water partition coefficient (Wildman–Crippen LogP) is -0.456. The molecular formula is C4H11NO4Si. The van der Waals surface area contributed by atoms with Crippen molar-refractivity contribution in [2.45, 2.75) is 0 Å². The van der Waals surface area contributed by atoms with Crippen molar-refractivity contribution in [1.82, 2.24) is 0 Å². The van der Waals surface area contributed by atoms with Crippen molar-refractivity contribution in [3.63, 3.8) is 0 Å². The summed E-state index contributed by atoms with van der Waals surface area (Å²) in [5, 5.41) is 5.40. The topological polar surface area (TPSA) is 68.6 Å². The number of hydrogen-bond donors (Lipinski definition) is 1. The van der Waals surface area contributed by atoms with Gasteiger partial charge in [0.1, 0.15) is 0 Å². The maximum Gasteiger partial charge on any atom is 0.483 e. The third kappa shape index (κ3) is 10.5. The SMILES string of the molecule is CO[SiH](OC)OC.N=C=O. The largest absolute Gasteiger partial charge is 0.483 e. The average molecular weight is 165 g/mol. The molecule has 5 nitrogen and oxygen atoms in total. The van der Waals surface area contributed by atoms with Gasteiger partial charge in [0.25, 0.3) is 0 Å². The Morgan fingerprint density at radius 1 is 1.20 bits per heavy atom. The fourth-order valence-electron chi connectivity index (χ4n) is 0.289. The minimum Gasteiger partial charge on any atom is -0.379 e. The van der Waals surface area contributed by atoms with Crippen LogP contribution in [0.3, 0.4) is 0 Å². The van der Waals surface area contributed by atoms with Crippen LogP contribution in [0.1, 0.15) is 0 Å². The normalized spacial score (nSPS) is 8.00. The lowest BCUT2D eigenvalue weighted by atomic mass is 11.7. The van der Waals surface area contributed by atoms with Gasteiger partial charge in [-0.15, -0.1) is 0 Å². The second-order valence-corrected chi connectivity index (χ2v) is 3.09. The zero-order valence-electron chi connectivity index (χ0n) is 6.21. The smallest absolute Gasteiger partial charge is 0.379 e. The lowest BCUT2D eigenvalue weighted by Crippen LogP contribution is -2.21. The van der Waals surface area contributed by atoms with Crippen LogP contribution in [0.15, 0.2) is 0 Å². The van der Waals surface area contributed by atoms with Gasteiger partial charge in [0.15, 0.2) is 0 Å². The van der Waals surface area contributed by atoms with Crippen molar-refractivity contribution in [3.05, 3.63) is 0 Å². The Bertz CT molecular complexity index is 83.7. The molecule has 0 aliphatic heterocycles. The summed E-state index contributed by atoms with van der Waals surface area (Å²) in [6, 6.07) is 0. The summed E-state index contributed by atoms with van der Waals surface area (Å²) >= 11 is 0. The molecule has 10 heavy (non-hydrogen) atoms. The molecule has 0 fully saturated rings. The molecule has 0 radical (unpaired) electrons. The van der Waals surface area contributed by atoms with Gasteiger partial charge < -0.3 is 13.3 Å². The van der Waals surface area contributed by atoms with Gasteiger partial charge in [0.05, 0.1) is 0 Å². The number of carbonyl (C=O) groups excluding carboxylic acids is 1. The maximum atomic E-state index is 8.35. The quantitative estimate of drug-likeness (QED) is 0.349. The van der Waals surface area contributed by atoms with Crippen LogP contribution < -0.4 is 0 Å². The van der Waals surface area contributed by atoms with E-state index < -0.39 is 9.53 Å². The Hall–Kier alpha value is -0.523. The lowest BCUT2D eigenvalue weighted by Gasteiger charge is -2.05. The first kappa shape index (κ1) is 12.2. The molecule has 0 aromatic carbocycles. The first-order chi connectivity index (χ1) is 4.76. The van der Waals surface area contributed by atoms with E-state index in [4.69, 9.17) is 23.5 Å². The monoisotopic (exact) mass is 165 g/mol. The van der Waals surface area contributed by atoms with Crippen molar-refractivity contribution < 1.29 is 18.1 Å². The van der Waals surface area contributed by atoms with Gasteiger partial charge in [-0.25, -0.2) is 10.2 Å². The Balaban J connectivity index is 0. The molecule has 0 saturated carbocycles. The van der Waals surface area contributed by atoms with E-state index in [2.05, 4.69) is 0 Å². The summed E-state index contributed by atoms with van der Waals surface area (Å²) in [7, 11) is 3.05. The van der Waals surface area contributed by atoms with Gasteiger partial charge >= 0.3 is 9.53 Å². The van der Waals surface area contributed by atoms with Crippen molar-refractivity contribution >= 4 is 15.6 Å². The number of isocyanates is 1. The van der Waals surface area contributed by atoms with Crippen LogP contribution in [-0.2, 0) is 18.1 Å². The van der Waals surface area contributed by atoms with Crippen molar-refractivity contribution in [2.24, 2.45) is 0 Å². The van der Waals surface area contributed by atoms with Crippen LogP contribution in [0.25, 0.3) is 0 Å². The molecule has 0 spiro atoms. The highest BCUT2D eigenvalue weighted by molar-refractivity contribution is 6.36. The molecule has 0 amide bonds. The van der Waals surface area contributed by atoms with Crippen LogP contribution in [0.5, 0.6) is 0 Å². The van der Waals surface area contributed by atoms with Gasteiger partial charge in [-0.2, -0.15) is 0 Å². The van der Waals surface area contributed by atoms with Crippen molar-refractivity contribution in [1.29, 1.82) is 5.41 Å².